The number of oxime groups is 1. The first-order valence-electron chi connectivity index (χ1n) is 14.1. The molecule has 2 amide bonds. The highest BCUT2D eigenvalue weighted by Gasteiger charge is 2.57. The first-order valence-corrected chi connectivity index (χ1v) is 16.3. The van der Waals surface area contributed by atoms with Crippen LogP contribution in [0, 0.1) is 5.92 Å². The molecule has 0 saturated carbocycles. The van der Waals surface area contributed by atoms with E-state index in [4.69, 9.17) is 15.3 Å². The van der Waals surface area contributed by atoms with Gasteiger partial charge in [-0.2, -0.15) is 14.0 Å². The normalized spacial score (nSPS) is 18.6. The second kappa shape index (κ2) is 13.2. The fourth-order valence-electron chi connectivity index (χ4n) is 4.83. The SMILES string of the molecule is C[n+]1cc(-c2ccc(OCC(O/N=C(\C(=O)N[C@@H]3C(=O)N(OS(=O)(=O)[O-])C3(C)C)c3csc(N)n3)C(=O)O)cc2)cn1CC1CNC1. The van der Waals surface area contributed by atoms with Crippen molar-refractivity contribution in [3.63, 3.8) is 0 Å². The Hall–Kier alpha value is -4.63. The summed E-state index contributed by atoms with van der Waals surface area (Å²) in [4.78, 5) is 46.8. The maximum atomic E-state index is 13.2. The molecule has 2 saturated heterocycles. The van der Waals surface area contributed by atoms with E-state index in [1.54, 1.807) is 12.1 Å². The lowest BCUT2D eigenvalue weighted by Gasteiger charge is -2.51. The molecule has 2 aromatic heterocycles. The second-order valence-electron chi connectivity index (χ2n) is 11.4. The van der Waals surface area contributed by atoms with Crippen LogP contribution < -0.4 is 25.8 Å². The highest BCUT2D eigenvalue weighted by Crippen LogP contribution is 2.33. The molecule has 18 nitrogen and oxygen atoms in total. The molecule has 1 aromatic carbocycles. The number of hydroxylamine groups is 2. The average molecular weight is 693 g/mol. The Labute approximate surface area is 272 Å². The molecule has 4 heterocycles. The van der Waals surface area contributed by atoms with Gasteiger partial charge in [0.1, 0.15) is 24.1 Å². The van der Waals surface area contributed by atoms with Crippen LogP contribution in [-0.2, 0) is 47.5 Å². The third-order valence-corrected chi connectivity index (χ3v) is 8.57. The minimum atomic E-state index is -5.26. The van der Waals surface area contributed by atoms with Crippen LogP contribution in [0.25, 0.3) is 11.1 Å². The number of carboxylic acids is 1. The first kappa shape index (κ1) is 33.7. The van der Waals surface area contributed by atoms with E-state index in [0.29, 0.717) is 16.7 Å². The maximum Gasteiger partial charge on any atom is 0.351 e. The van der Waals surface area contributed by atoms with Crippen molar-refractivity contribution in [2.24, 2.45) is 18.1 Å². The summed E-state index contributed by atoms with van der Waals surface area (Å²) < 4.78 is 47.0. The molecule has 0 aliphatic carbocycles. The third-order valence-electron chi connectivity index (χ3n) is 7.56. The van der Waals surface area contributed by atoms with Gasteiger partial charge in [0.25, 0.3) is 17.9 Å². The molecule has 252 valence electrons. The van der Waals surface area contributed by atoms with E-state index in [1.165, 1.54) is 19.2 Å². The summed E-state index contributed by atoms with van der Waals surface area (Å²) in [7, 11) is -3.29. The highest BCUT2D eigenvalue weighted by molar-refractivity contribution is 7.80. The number of anilines is 1. The number of carboxylic acid groups (broad SMARTS) is 1. The number of aromatic nitrogens is 3. The van der Waals surface area contributed by atoms with Gasteiger partial charge in [0.15, 0.2) is 17.9 Å². The van der Waals surface area contributed by atoms with Gasteiger partial charge in [0, 0.05) is 24.4 Å². The fourth-order valence-corrected chi connectivity index (χ4v) is 5.82. The lowest BCUT2D eigenvalue weighted by molar-refractivity contribution is -0.754. The molecule has 47 heavy (non-hydrogen) atoms. The Balaban J connectivity index is 1.24. The highest BCUT2D eigenvalue weighted by atomic mass is 32.3. The maximum absolute atomic E-state index is 13.2. The van der Waals surface area contributed by atoms with Crippen LogP contribution in [0.5, 0.6) is 5.75 Å². The molecule has 3 aromatic rings. The van der Waals surface area contributed by atoms with Crippen molar-refractivity contribution in [3.05, 3.63) is 47.7 Å². The number of rotatable bonds is 14. The summed E-state index contributed by atoms with van der Waals surface area (Å²) in [6, 6.07) is 5.70. The molecule has 0 spiro atoms. The quantitative estimate of drug-likeness (QED) is 0.0396. The van der Waals surface area contributed by atoms with Crippen LogP contribution in [0.3, 0.4) is 0 Å². The predicted molar refractivity (Wildman–Crippen MR) is 162 cm³/mol. The van der Waals surface area contributed by atoms with Crippen LogP contribution in [0.2, 0.25) is 0 Å². The zero-order valence-electron chi connectivity index (χ0n) is 25.4. The summed E-state index contributed by atoms with van der Waals surface area (Å²) in [5, 5.41) is 20.8. The Morgan fingerprint density at radius 3 is 2.55 bits per heavy atom. The number of carbonyl (C=O) groups excluding carboxylic acids is 2. The molecule has 2 aliphatic rings. The molecule has 2 fully saturated rings. The largest absolute Gasteiger partial charge is 0.724 e. The van der Waals surface area contributed by atoms with Gasteiger partial charge in [-0.25, -0.2) is 18.2 Å². The molecule has 0 radical (unpaired) electrons. The molecule has 5 N–H and O–H groups in total. The van der Waals surface area contributed by atoms with Crippen molar-refractivity contribution in [2.75, 3.05) is 25.4 Å². The van der Waals surface area contributed by atoms with E-state index in [-0.39, 0.29) is 10.8 Å². The minimum absolute atomic E-state index is 0.0586. The number of aryl methyl sites for hydroxylation is 1. The summed E-state index contributed by atoms with van der Waals surface area (Å²) in [6.07, 6.45) is 2.41. The lowest BCUT2D eigenvalue weighted by Crippen LogP contribution is -2.76. The van der Waals surface area contributed by atoms with Crippen LogP contribution in [-0.4, -0.2) is 93.7 Å². The van der Waals surface area contributed by atoms with Gasteiger partial charge in [0.2, 0.25) is 16.6 Å². The number of β-lactam (4-membered cyclic amide) rings is 1. The molecule has 2 atom stereocenters. The minimum Gasteiger partial charge on any atom is -0.724 e. The zero-order valence-corrected chi connectivity index (χ0v) is 27.0. The summed E-state index contributed by atoms with van der Waals surface area (Å²) in [5.74, 6) is -2.55. The second-order valence-corrected chi connectivity index (χ2v) is 13.2. The lowest BCUT2D eigenvalue weighted by atomic mass is 9.84. The number of aliphatic carboxylic acids is 1. The van der Waals surface area contributed by atoms with Crippen molar-refractivity contribution in [1.82, 2.24) is 25.4 Å². The fraction of sp³-hybridized carbons (Fsp3) is 0.407. The van der Waals surface area contributed by atoms with E-state index in [1.807, 2.05) is 30.1 Å². The van der Waals surface area contributed by atoms with E-state index >= 15 is 0 Å². The Morgan fingerprint density at radius 1 is 1.30 bits per heavy atom. The summed E-state index contributed by atoms with van der Waals surface area (Å²) in [6.45, 7) is 5.09. The van der Waals surface area contributed by atoms with Gasteiger partial charge in [-0.05, 0) is 31.5 Å². The van der Waals surface area contributed by atoms with Crippen molar-refractivity contribution >= 4 is 50.4 Å². The van der Waals surface area contributed by atoms with Crippen LogP contribution in [0.4, 0.5) is 5.13 Å². The molecule has 2 aliphatic heterocycles. The average Bonchev–Trinajstić information content (AvgIpc) is 3.58. The number of hydrogen-bond donors (Lipinski definition) is 4. The number of amides is 2. The number of nitrogens with two attached hydrogens (primary N) is 1. The van der Waals surface area contributed by atoms with Crippen molar-refractivity contribution in [1.29, 1.82) is 0 Å². The molecule has 20 heteroatoms. The van der Waals surface area contributed by atoms with Gasteiger partial charge in [-0.3, -0.25) is 9.59 Å². The van der Waals surface area contributed by atoms with Gasteiger partial charge >= 0.3 is 5.97 Å². The van der Waals surface area contributed by atoms with Crippen molar-refractivity contribution in [2.45, 2.75) is 38.1 Å². The topological polar surface area (TPSA) is 244 Å². The molecule has 1 unspecified atom stereocenters. The van der Waals surface area contributed by atoms with Crippen LogP contribution >= 0.6 is 11.3 Å². The summed E-state index contributed by atoms with van der Waals surface area (Å²) in [5.41, 5.74) is 5.56. The number of hydrogen-bond acceptors (Lipinski definition) is 14. The van der Waals surface area contributed by atoms with Gasteiger partial charge in [0.05, 0.1) is 23.8 Å². The van der Waals surface area contributed by atoms with Gasteiger partial charge in [-0.15, -0.1) is 16.0 Å². The van der Waals surface area contributed by atoms with E-state index < -0.39 is 58.2 Å². The van der Waals surface area contributed by atoms with Crippen LogP contribution in [0.1, 0.15) is 19.5 Å². The zero-order chi connectivity index (χ0) is 34.1. The number of carbonyl (C=O) groups is 3. The third kappa shape index (κ3) is 7.68. The molecule has 0 bridgehead atoms. The number of nitrogen functional groups attached to an aromatic ring is 1. The number of ether oxygens (including phenoxy) is 1. The number of thiazole rings is 1. The van der Waals surface area contributed by atoms with Crippen molar-refractivity contribution in [3.8, 4) is 16.9 Å². The molecule has 5 rings (SSSR count). The van der Waals surface area contributed by atoms with Gasteiger partial charge in [-0.1, -0.05) is 17.3 Å². The number of nitrogens with zero attached hydrogens (tertiary/aromatic N) is 5. The van der Waals surface area contributed by atoms with E-state index in [2.05, 4.69) is 35.9 Å². The van der Waals surface area contributed by atoms with E-state index in [9.17, 15) is 32.5 Å². The Morgan fingerprint density at radius 2 is 2.00 bits per heavy atom. The molecular formula is C27H32N8O10S2. The first-order chi connectivity index (χ1) is 22.1. The summed E-state index contributed by atoms with van der Waals surface area (Å²) >= 11 is 0.959. The molecular weight excluding hydrogens is 660 g/mol. The predicted octanol–water partition coefficient (Wildman–Crippen LogP) is -1.01. The smallest absolute Gasteiger partial charge is 0.351 e. The Bertz CT molecular complexity index is 1800. The van der Waals surface area contributed by atoms with Gasteiger partial charge < -0.3 is 35.6 Å². The standard InChI is InChI=1S/C27H32N8O10S2/c1-27(2)22(24(37)35(27)45-47(40,41)42)31-23(36)21(19-14-46-26(28)30-19)32-44-20(25(38)39)13-43-18-6-4-16(5-7-18)17-11-33(3)34(12-17)10-15-8-29-9-15/h4-7,11-12,14-15,20,22,29H,8-10,13H2,1-3H3,(H4-,28,30,31,36,38,39,40,41,42)/b32-21-/t20?,22-/m1/s1. The Kier molecular flexibility index (Phi) is 9.50. The monoisotopic (exact) mass is 692 g/mol. The number of nitrogens with one attached hydrogen (secondary N) is 2. The van der Waals surface area contributed by atoms with E-state index in [0.717, 1.165) is 42.1 Å². The van der Waals surface area contributed by atoms with Crippen LogP contribution in [0.15, 0.2) is 47.2 Å². The number of benzene rings is 1. The van der Waals surface area contributed by atoms with Crippen molar-refractivity contribution < 1.29 is 51.0 Å².